The molecule has 3 rings (SSSR count). The summed E-state index contributed by atoms with van der Waals surface area (Å²) in [6.45, 7) is 4.62. The SMILES string of the molecule is Cc1cccc(N2CCN(S(=O)(=O)CCCNC(=O)c3ccc(Br)o3)CC2)c1. The van der Waals surface area contributed by atoms with Gasteiger partial charge < -0.3 is 14.6 Å². The number of hydrogen-bond donors (Lipinski definition) is 1. The van der Waals surface area contributed by atoms with E-state index < -0.39 is 10.0 Å². The first kappa shape index (κ1) is 20.9. The van der Waals surface area contributed by atoms with Gasteiger partial charge in [-0.15, -0.1) is 0 Å². The lowest BCUT2D eigenvalue weighted by Crippen LogP contribution is -2.49. The molecule has 1 aliphatic heterocycles. The molecule has 0 unspecified atom stereocenters. The smallest absolute Gasteiger partial charge is 0.287 e. The normalized spacial score (nSPS) is 15.6. The van der Waals surface area contributed by atoms with Gasteiger partial charge >= 0.3 is 0 Å². The fourth-order valence-electron chi connectivity index (χ4n) is 3.16. The summed E-state index contributed by atoms with van der Waals surface area (Å²) in [5.41, 5.74) is 2.32. The van der Waals surface area contributed by atoms with Gasteiger partial charge in [-0.05, 0) is 59.1 Å². The summed E-state index contributed by atoms with van der Waals surface area (Å²) in [6.07, 6.45) is 0.355. The van der Waals surface area contributed by atoms with Gasteiger partial charge in [-0.3, -0.25) is 4.79 Å². The maximum absolute atomic E-state index is 12.6. The largest absolute Gasteiger partial charge is 0.444 e. The number of rotatable bonds is 7. The molecule has 0 bridgehead atoms. The number of nitrogens with one attached hydrogen (secondary N) is 1. The van der Waals surface area contributed by atoms with Gasteiger partial charge in [0, 0.05) is 38.4 Å². The van der Waals surface area contributed by atoms with Crippen LogP contribution in [0.1, 0.15) is 22.5 Å². The molecule has 1 amide bonds. The molecule has 2 heterocycles. The van der Waals surface area contributed by atoms with E-state index in [0.717, 1.165) is 5.69 Å². The first-order chi connectivity index (χ1) is 13.3. The molecule has 2 aromatic rings. The van der Waals surface area contributed by atoms with Gasteiger partial charge in [0.15, 0.2) is 10.4 Å². The highest BCUT2D eigenvalue weighted by Crippen LogP contribution is 2.19. The highest BCUT2D eigenvalue weighted by atomic mass is 79.9. The minimum absolute atomic E-state index is 0.0135. The number of amides is 1. The highest BCUT2D eigenvalue weighted by molar-refractivity contribution is 9.10. The lowest BCUT2D eigenvalue weighted by atomic mass is 10.2. The Balaban J connectivity index is 1.43. The Morgan fingerprint density at radius 3 is 2.57 bits per heavy atom. The predicted molar refractivity (Wildman–Crippen MR) is 112 cm³/mol. The average molecular weight is 470 g/mol. The quantitative estimate of drug-likeness (QED) is 0.630. The molecule has 0 aliphatic carbocycles. The van der Waals surface area contributed by atoms with Crippen molar-refractivity contribution >= 4 is 37.5 Å². The molecule has 0 radical (unpaired) electrons. The summed E-state index contributed by atoms with van der Waals surface area (Å²) in [6, 6.07) is 11.4. The maximum atomic E-state index is 12.6. The Labute approximate surface area is 173 Å². The van der Waals surface area contributed by atoms with Crippen molar-refractivity contribution in [3.05, 3.63) is 52.4 Å². The van der Waals surface area contributed by atoms with E-state index in [1.807, 2.05) is 19.1 Å². The van der Waals surface area contributed by atoms with Crippen molar-refractivity contribution in [2.45, 2.75) is 13.3 Å². The maximum Gasteiger partial charge on any atom is 0.287 e. The van der Waals surface area contributed by atoms with E-state index in [1.54, 1.807) is 16.4 Å². The number of furan rings is 1. The second-order valence-electron chi connectivity index (χ2n) is 6.75. The predicted octanol–water partition coefficient (Wildman–Crippen LogP) is 2.62. The number of carbonyl (C=O) groups is 1. The Morgan fingerprint density at radius 1 is 1.18 bits per heavy atom. The number of carbonyl (C=O) groups excluding carboxylic acids is 1. The van der Waals surface area contributed by atoms with Gasteiger partial charge in [0.2, 0.25) is 10.0 Å². The first-order valence-corrected chi connectivity index (χ1v) is 11.6. The minimum atomic E-state index is -3.33. The van der Waals surface area contributed by atoms with Gasteiger partial charge in [-0.1, -0.05) is 12.1 Å². The van der Waals surface area contributed by atoms with E-state index in [-0.39, 0.29) is 24.0 Å². The zero-order valence-electron chi connectivity index (χ0n) is 15.7. The summed E-state index contributed by atoms with van der Waals surface area (Å²) in [4.78, 5) is 14.1. The third-order valence-corrected chi connectivity index (χ3v) is 7.04. The van der Waals surface area contributed by atoms with Gasteiger partial charge in [-0.2, -0.15) is 4.31 Å². The second kappa shape index (κ2) is 9.11. The molecule has 9 heteroatoms. The molecular weight excluding hydrogens is 446 g/mol. The Bertz CT molecular complexity index is 921. The highest BCUT2D eigenvalue weighted by Gasteiger charge is 2.26. The van der Waals surface area contributed by atoms with E-state index in [1.165, 1.54) is 5.56 Å². The molecule has 0 atom stereocenters. The van der Waals surface area contributed by atoms with Crippen LogP contribution in [0.4, 0.5) is 5.69 Å². The summed E-state index contributed by atoms with van der Waals surface area (Å²) in [7, 11) is -3.33. The molecular formula is C19H24BrN3O4S. The van der Waals surface area contributed by atoms with Crippen LogP contribution in [0.2, 0.25) is 0 Å². The van der Waals surface area contributed by atoms with Gasteiger partial charge in [0.1, 0.15) is 0 Å². The molecule has 7 nitrogen and oxygen atoms in total. The zero-order chi connectivity index (χ0) is 20.1. The van der Waals surface area contributed by atoms with E-state index in [9.17, 15) is 13.2 Å². The van der Waals surface area contributed by atoms with Crippen LogP contribution >= 0.6 is 15.9 Å². The lowest BCUT2D eigenvalue weighted by molar-refractivity contribution is 0.0924. The molecule has 0 spiro atoms. The van der Waals surface area contributed by atoms with E-state index in [4.69, 9.17) is 4.42 Å². The van der Waals surface area contributed by atoms with Crippen molar-refractivity contribution in [2.75, 3.05) is 43.4 Å². The van der Waals surface area contributed by atoms with E-state index >= 15 is 0 Å². The standard InChI is InChI=1S/C19H24BrN3O4S/c1-15-4-2-5-16(14-15)22-9-11-23(12-10-22)28(25,26)13-3-8-21-19(24)17-6-7-18(20)27-17/h2,4-7,14H,3,8-13H2,1H3,(H,21,24). The molecule has 1 aromatic carbocycles. The molecule has 0 saturated carbocycles. The average Bonchev–Trinajstić information content (AvgIpc) is 3.12. The second-order valence-corrected chi connectivity index (χ2v) is 9.62. The van der Waals surface area contributed by atoms with Crippen LogP contribution in [0, 0.1) is 6.92 Å². The Kier molecular flexibility index (Phi) is 6.79. The third kappa shape index (κ3) is 5.36. The Hall–Kier alpha value is -1.84. The number of benzene rings is 1. The van der Waals surface area contributed by atoms with Gasteiger partial charge in [0.25, 0.3) is 5.91 Å². The minimum Gasteiger partial charge on any atom is -0.444 e. The van der Waals surface area contributed by atoms with Crippen molar-refractivity contribution in [2.24, 2.45) is 0 Å². The number of aryl methyl sites for hydroxylation is 1. The van der Waals surface area contributed by atoms with E-state index in [2.05, 4.69) is 38.3 Å². The van der Waals surface area contributed by atoms with Crippen molar-refractivity contribution in [1.82, 2.24) is 9.62 Å². The molecule has 1 aromatic heterocycles. The topological polar surface area (TPSA) is 82.9 Å². The fourth-order valence-corrected chi connectivity index (χ4v) is 4.95. The van der Waals surface area contributed by atoms with Gasteiger partial charge in [0.05, 0.1) is 5.75 Å². The third-order valence-electron chi connectivity index (χ3n) is 4.66. The number of piperazine rings is 1. The summed E-state index contributed by atoms with van der Waals surface area (Å²) in [5, 5.41) is 2.68. The van der Waals surface area contributed by atoms with Crippen LogP contribution in [0.15, 0.2) is 45.5 Å². The molecule has 152 valence electrons. The molecule has 1 saturated heterocycles. The first-order valence-electron chi connectivity index (χ1n) is 9.18. The number of anilines is 1. The van der Waals surface area contributed by atoms with Crippen molar-refractivity contribution in [3.8, 4) is 0 Å². The lowest BCUT2D eigenvalue weighted by Gasteiger charge is -2.35. The summed E-state index contributed by atoms with van der Waals surface area (Å²) in [5.74, 6) is -0.142. The summed E-state index contributed by atoms with van der Waals surface area (Å²) < 4.78 is 32.3. The van der Waals surface area contributed by atoms with Crippen LogP contribution < -0.4 is 10.2 Å². The Morgan fingerprint density at radius 2 is 1.93 bits per heavy atom. The molecule has 1 fully saturated rings. The van der Waals surface area contributed by atoms with Crippen LogP contribution in [-0.2, 0) is 10.0 Å². The monoisotopic (exact) mass is 469 g/mol. The molecule has 1 N–H and O–H groups in total. The van der Waals surface area contributed by atoms with Crippen LogP contribution in [-0.4, -0.2) is 57.1 Å². The summed E-state index contributed by atoms with van der Waals surface area (Å²) >= 11 is 3.14. The number of sulfonamides is 1. The number of nitrogens with zero attached hydrogens (tertiary/aromatic N) is 2. The number of hydrogen-bond acceptors (Lipinski definition) is 5. The van der Waals surface area contributed by atoms with Crippen molar-refractivity contribution in [3.63, 3.8) is 0 Å². The van der Waals surface area contributed by atoms with E-state index in [0.29, 0.717) is 37.3 Å². The van der Waals surface area contributed by atoms with Crippen LogP contribution in [0.5, 0.6) is 0 Å². The number of halogens is 1. The van der Waals surface area contributed by atoms with Crippen molar-refractivity contribution < 1.29 is 17.6 Å². The van der Waals surface area contributed by atoms with Crippen molar-refractivity contribution in [1.29, 1.82) is 0 Å². The van der Waals surface area contributed by atoms with Crippen LogP contribution in [0.25, 0.3) is 0 Å². The van der Waals surface area contributed by atoms with Gasteiger partial charge in [-0.25, -0.2) is 8.42 Å². The fraction of sp³-hybridized carbons (Fsp3) is 0.421. The van der Waals surface area contributed by atoms with Crippen LogP contribution in [0.3, 0.4) is 0 Å². The zero-order valence-corrected chi connectivity index (χ0v) is 18.1. The molecule has 1 aliphatic rings. The molecule has 28 heavy (non-hydrogen) atoms.